The van der Waals surface area contributed by atoms with Crippen LogP contribution in [0.2, 0.25) is 0 Å². The van der Waals surface area contributed by atoms with E-state index in [0.29, 0.717) is 18.8 Å². The molecular weight excluding hydrogens is 380 g/mol. The molecule has 1 aliphatic rings. The van der Waals surface area contributed by atoms with Crippen LogP contribution in [0.4, 0.5) is 0 Å². The molecule has 0 saturated carbocycles. The van der Waals surface area contributed by atoms with Crippen LogP contribution in [0, 0.1) is 6.92 Å². The Kier molecular flexibility index (Phi) is 6.30. The summed E-state index contributed by atoms with van der Waals surface area (Å²) in [5, 5.41) is 8.48. The highest BCUT2D eigenvalue weighted by molar-refractivity contribution is 6.06. The van der Waals surface area contributed by atoms with E-state index >= 15 is 0 Å². The molecule has 2 aromatic carbocycles. The number of nitrogens with one attached hydrogen (secondary N) is 1. The zero-order valence-corrected chi connectivity index (χ0v) is 17.6. The Balaban J connectivity index is 1.55. The van der Waals surface area contributed by atoms with Crippen LogP contribution in [0.15, 0.2) is 42.5 Å². The molecule has 1 amide bonds. The summed E-state index contributed by atoms with van der Waals surface area (Å²) in [7, 11) is 1.64. The molecule has 1 aromatic heterocycles. The first-order valence-corrected chi connectivity index (χ1v) is 10.3. The minimum absolute atomic E-state index is 0.182. The predicted octanol–water partition coefficient (Wildman–Crippen LogP) is 2.62. The van der Waals surface area contributed by atoms with Gasteiger partial charge in [0.05, 0.1) is 26.9 Å². The van der Waals surface area contributed by atoms with Gasteiger partial charge in [-0.05, 0) is 18.6 Å². The number of methoxy groups -OCH3 is 1. The van der Waals surface area contributed by atoms with Crippen molar-refractivity contribution >= 4 is 16.8 Å². The average Bonchev–Trinajstić information content (AvgIpc) is 3.17. The summed E-state index contributed by atoms with van der Waals surface area (Å²) in [5.41, 5.74) is 3.54. The number of para-hydroxylation sites is 1. The summed E-state index contributed by atoms with van der Waals surface area (Å²) in [4.78, 5) is 15.3. The van der Waals surface area contributed by atoms with Crippen LogP contribution >= 0.6 is 0 Å². The van der Waals surface area contributed by atoms with Gasteiger partial charge in [-0.3, -0.25) is 14.4 Å². The second-order valence-electron chi connectivity index (χ2n) is 7.55. The molecule has 1 fully saturated rings. The van der Waals surface area contributed by atoms with Gasteiger partial charge in [0.25, 0.3) is 5.91 Å². The zero-order chi connectivity index (χ0) is 20.9. The fraction of sp³-hybridized carbons (Fsp3) is 0.391. The molecule has 1 N–H and O–H groups in total. The first-order chi connectivity index (χ1) is 14.7. The maximum absolute atomic E-state index is 13.0. The first kappa shape index (κ1) is 20.4. The summed E-state index contributed by atoms with van der Waals surface area (Å²) in [6.45, 7) is 7.40. The van der Waals surface area contributed by atoms with Crippen molar-refractivity contribution < 1.29 is 14.3 Å². The number of hydrogen-bond donors (Lipinski definition) is 1. The lowest BCUT2D eigenvalue weighted by Gasteiger charge is -2.26. The van der Waals surface area contributed by atoms with E-state index in [9.17, 15) is 4.79 Å². The van der Waals surface area contributed by atoms with Gasteiger partial charge in [0.1, 0.15) is 11.3 Å². The lowest BCUT2D eigenvalue weighted by atomic mass is 10.1. The third kappa shape index (κ3) is 4.47. The van der Waals surface area contributed by atoms with E-state index in [1.807, 2.05) is 54.1 Å². The molecule has 4 rings (SSSR count). The first-order valence-electron chi connectivity index (χ1n) is 10.3. The van der Waals surface area contributed by atoms with Crippen molar-refractivity contribution in [1.82, 2.24) is 20.0 Å². The van der Waals surface area contributed by atoms with Crippen molar-refractivity contribution in [1.29, 1.82) is 0 Å². The van der Waals surface area contributed by atoms with Crippen LogP contribution in [-0.4, -0.2) is 60.5 Å². The molecular formula is C23H28N4O3. The number of carbonyl (C=O) groups excluding carboxylic acids is 1. The molecule has 2 heterocycles. The fourth-order valence-corrected chi connectivity index (χ4v) is 3.73. The number of aromatic nitrogens is 2. The van der Waals surface area contributed by atoms with Gasteiger partial charge in [-0.15, -0.1) is 0 Å². The maximum atomic E-state index is 13.0. The van der Waals surface area contributed by atoms with Gasteiger partial charge in [-0.2, -0.15) is 5.10 Å². The van der Waals surface area contributed by atoms with E-state index in [-0.39, 0.29) is 5.91 Å². The SMILES string of the molecule is COc1cccc2c(C(=O)NCc3ccc(C)cc3)nn(CCN3CCOCC3)c12. The molecule has 0 unspecified atom stereocenters. The van der Waals surface area contributed by atoms with E-state index in [1.165, 1.54) is 5.56 Å². The molecule has 1 saturated heterocycles. The van der Waals surface area contributed by atoms with E-state index in [0.717, 1.165) is 55.1 Å². The smallest absolute Gasteiger partial charge is 0.272 e. The number of ether oxygens (including phenoxy) is 2. The molecule has 0 atom stereocenters. The van der Waals surface area contributed by atoms with Gasteiger partial charge in [0.15, 0.2) is 5.69 Å². The number of nitrogens with zero attached hydrogens (tertiary/aromatic N) is 3. The van der Waals surface area contributed by atoms with E-state index in [4.69, 9.17) is 9.47 Å². The van der Waals surface area contributed by atoms with Crippen molar-refractivity contribution in [3.8, 4) is 5.75 Å². The lowest BCUT2D eigenvalue weighted by molar-refractivity contribution is 0.0361. The molecule has 0 bridgehead atoms. The van der Waals surface area contributed by atoms with E-state index in [2.05, 4.69) is 15.3 Å². The minimum atomic E-state index is -0.182. The molecule has 7 nitrogen and oxygen atoms in total. The van der Waals surface area contributed by atoms with E-state index in [1.54, 1.807) is 7.11 Å². The molecule has 1 aliphatic heterocycles. The number of benzene rings is 2. The molecule has 7 heteroatoms. The van der Waals surface area contributed by atoms with Crippen LogP contribution in [0.1, 0.15) is 21.6 Å². The molecule has 3 aromatic rings. The fourth-order valence-electron chi connectivity index (χ4n) is 3.73. The number of fused-ring (bicyclic) bond motifs is 1. The van der Waals surface area contributed by atoms with Gasteiger partial charge in [0, 0.05) is 31.6 Å². The third-order valence-electron chi connectivity index (χ3n) is 5.47. The van der Waals surface area contributed by atoms with Crippen LogP contribution in [-0.2, 0) is 17.8 Å². The predicted molar refractivity (Wildman–Crippen MR) is 116 cm³/mol. The monoisotopic (exact) mass is 408 g/mol. The second-order valence-corrected chi connectivity index (χ2v) is 7.55. The number of morpholine rings is 1. The van der Waals surface area contributed by atoms with Gasteiger partial charge < -0.3 is 14.8 Å². The van der Waals surface area contributed by atoms with Crippen molar-refractivity contribution in [2.45, 2.75) is 20.0 Å². The Morgan fingerprint density at radius 3 is 2.63 bits per heavy atom. The van der Waals surface area contributed by atoms with Crippen LogP contribution in [0.5, 0.6) is 5.75 Å². The average molecular weight is 409 g/mol. The second kappa shape index (κ2) is 9.28. The molecule has 30 heavy (non-hydrogen) atoms. The molecule has 0 aliphatic carbocycles. The topological polar surface area (TPSA) is 68.6 Å². The van der Waals surface area contributed by atoms with Gasteiger partial charge in [-0.1, -0.05) is 42.0 Å². The minimum Gasteiger partial charge on any atom is -0.494 e. The zero-order valence-electron chi connectivity index (χ0n) is 17.6. The maximum Gasteiger partial charge on any atom is 0.272 e. The summed E-state index contributed by atoms with van der Waals surface area (Å²) >= 11 is 0. The number of carbonyl (C=O) groups is 1. The standard InChI is InChI=1S/C23H28N4O3/c1-17-6-8-18(9-7-17)16-24-23(28)21-19-4-3-5-20(29-2)22(19)27(25-21)11-10-26-12-14-30-15-13-26/h3-9H,10-16H2,1-2H3,(H,24,28). The van der Waals surface area contributed by atoms with Crippen LogP contribution < -0.4 is 10.1 Å². The van der Waals surface area contributed by atoms with Gasteiger partial charge >= 0.3 is 0 Å². The highest BCUT2D eigenvalue weighted by Gasteiger charge is 2.20. The molecule has 158 valence electrons. The van der Waals surface area contributed by atoms with Crippen molar-refractivity contribution in [3.63, 3.8) is 0 Å². The quantitative estimate of drug-likeness (QED) is 0.651. The number of amides is 1. The Morgan fingerprint density at radius 1 is 1.13 bits per heavy atom. The summed E-state index contributed by atoms with van der Waals surface area (Å²) in [6, 6.07) is 13.9. The summed E-state index contributed by atoms with van der Waals surface area (Å²) in [6.07, 6.45) is 0. The Morgan fingerprint density at radius 2 is 1.90 bits per heavy atom. The van der Waals surface area contributed by atoms with E-state index < -0.39 is 0 Å². The largest absolute Gasteiger partial charge is 0.494 e. The lowest BCUT2D eigenvalue weighted by Crippen LogP contribution is -2.38. The summed E-state index contributed by atoms with van der Waals surface area (Å²) in [5.74, 6) is 0.540. The van der Waals surface area contributed by atoms with Gasteiger partial charge in [-0.25, -0.2) is 0 Å². The molecule has 0 spiro atoms. The number of rotatable bonds is 7. The molecule has 0 radical (unpaired) electrons. The normalized spacial score (nSPS) is 14.7. The van der Waals surface area contributed by atoms with Crippen LogP contribution in [0.25, 0.3) is 10.9 Å². The summed E-state index contributed by atoms with van der Waals surface area (Å²) < 4.78 is 12.9. The highest BCUT2D eigenvalue weighted by atomic mass is 16.5. The van der Waals surface area contributed by atoms with Crippen molar-refractivity contribution in [2.75, 3.05) is 40.0 Å². The van der Waals surface area contributed by atoms with Gasteiger partial charge in [0.2, 0.25) is 0 Å². The van der Waals surface area contributed by atoms with Crippen LogP contribution in [0.3, 0.4) is 0 Å². The number of aryl methyl sites for hydroxylation is 1. The third-order valence-corrected chi connectivity index (χ3v) is 5.47. The Hall–Kier alpha value is -2.90. The Labute approximate surface area is 176 Å². The van der Waals surface area contributed by atoms with Crippen molar-refractivity contribution in [2.24, 2.45) is 0 Å². The Bertz CT molecular complexity index is 1010. The van der Waals surface area contributed by atoms with Crippen molar-refractivity contribution in [3.05, 3.63) is 59.3 Å². The highest BCUT2D eigenvalue weighted by Crippen LogP contribution is 2.28. The number of hydrogen-bond acceptors (Lipinski definition) is 5.